The van der Waals surface area contributed by atoms with Gasteiger partial charge in [0.25, 0.3) is 5.91 Å². The van der Waals surface area contributed by atoms with E-state index >= 15 is 0 Å². The Hall–Kier alpha value is -2.37. The van der Waals surface area contributed by atoms with Crippen molar-refractivity contribution in [3.05, 3.63) is 81.3 Å². The Morgan fingerprint density at radius 3 is 2.78 bits per heavy atom. The summed E-state index contributed by atoms with van der Waals surface area (Å²) >= 11 is 7.53. The normalized spacial score (nSPS) is 14.6. The molecule has 138 valence electrons. The topological polar surface area (TPSA) is 51.2 Å². The van der Waals surface area contributed by atoms with Crippen molar-refractivity contribution in [2.45, 2.75) is 25.5 Å². The highest BCUT2D eigenvalue weighted by atomic mass is 35.5. The molecule has 1 aliphatic rings. The molecule has 1 unspecified atom stereocenters. The minimum atomic E-state index is -0.0963. The Morgan fingerprint density at radius 2 is 2.07 bits per heavy atom. The summed E-state index contributed by atoms with van der Waals surface area (Å²) in [7, 11) is 0. The van der Waals surface area contributed by atoms with Gasteiger partial charge in [-0.1, -0.05) is 29.8 Å². The number of rotatable bonds is 7. The number of hydrogen-bond donors (Lipinski definition) is 1. The first-order valence-corrected chi connectivity index (χ1v) is 10.2. The molecule has 1 aliphatic carbocycles. The highest BCUT2D eigenvalue weighted by molar-refractivity contribution is 7.07. The lowest BCUT2D eigenvalue weighted by molar-refractivity contribution is 0.0931. The Bertz CT molecular complexity index is 908. The summed E-state index contributed by atoms with van der Waals surface area (Å²) in [5, 5.41) is 5.83. The lowest BCUT2D eigenvalue weighted by Crippen LogP contribution is -2.29. The van der Waals surface area contributed by atoms with Crippen LogP contribution in [0.15, 0.2) is 59.4 Å². The van der Waals surface area contributed by atoms with Crippen LogP contribution in [0.25, 0.3) is 0 Å². The van der Waals surface area contributed by atoms with Gasteiger partial charge in [0.15, 0.2) is 0 Å². The first-order valence-electron chi connectivity index (χ1n) is 8.85. The van der Waals surface area contributed by atoms with Crippen LogP contribution in [0.2, 0.25) is 5.02 Å². The Balaban J connectivity index is 1.45. The number of nitrogens with zero attached hydrogens (tertiary/aromatic N) is 1. The molecule has 1 atom stereocenters. The summed E-state index contributed by atoms with van der Waals surface area (Å²) < 4.78 is 5.75. The van der Waals surface area contributed by atoms with Crippen LogP contribution in [-0.4, -0.2) is 10.9 Å². The minimum absolute atomic E-state index is 0.00866. The first kappa shape index (κ1) is 18.0. The van der Waals surface area contributed by atoms with Crippen LogP contribution >= 0.6 is 22.9 Å². The molecule has 2 aromatic carbocycles. The number of ether oxygens (including phenoxy) is 1. The van der Waals surface area contributed by atoms with Crippen LogP contribution in [0.1, 0.15) is 40.5 Å². The maximum Gasteiger partial charge on any atom is 0.251 e. The zero-order valence-electron chi connectivity index (χ0n) is 14.6. The number of nitrogens with one attached hydrogen (secondary N) is 1. The monoisotopic (exact) mass is 398 g/mol. The minimum Gasteiger partial charge on any atom is -0.487 e. The average Bonchev–Trinajstić information content (AvgIpc) is 3.40. The van der Waals surface area contributed by atoms with E-state index in [4.69, 9.17) is 16.3 Å². The van der Waals surface area contributed by atoms with E-state index in [9.17, 15) is 4.79 Å². The van der Waals surface area contributed by atoms with E-state index in [0.29, 0.717) is 28.9 Å². The van der Waals surface area contributed by atoms with Crippen LogP contribution < -0.4 is 10.1 Å². The molecule has 4 rings (SSSR count). The summed E-state index contributed by atoms with van der Waals surface area (Å²) in [6.45, 7) is 0.393. The molecular formula is C21H19ClN2O2S. The van der Waals surface area contributed by atoms with Gasteiger partial charge >= 0.3 is 0 Å². The molecule has 4 nitrogen and oxygen atoms in total. The number of amides is 1. The molecular weight excluding hydrogens is 380 g/mol. The number of hydrogen-bond acceptors (Lipinski definition) is 4. The highest BCUT2D eigenvalue weighted by Crippen LogP contribution is 2.41. The molecule has 0 radical (unpaired) electrons. The molecule has 3 aromatic rings. The van der Waals surface area contributed by atoms with Crippen molar-refractivity contribution in [3.63, 3.8) is 0 Å². The maximum absolute atomic E-state index is 12.8. The van der Waals surface area contributed by atoms with Crippen LogP contribution in [0.4, 0.5) is 0 Å². The van der Waals surface area contributed by atoms with Crippen molar-refractivity contribution in [1.82, 2.24) is 10.3 Å². The second kappa shape index (κ2) is 8.11. The first-order chi connectivity index (χ1) is 13.2. The second-order valence-corrected chi connectivity index (χ2v) is 7.79. The third-order valence-electron chi connectivity index (χ3n) is 4.58. The van der Waals surface area contributed by atoms with E-state index < -0.39 is 0 Å². The van der Waals surface area contributed by atoms with Gasteiger partial charge in [0.05, 0.1) is 17.2 Å². The zero-order chi connectivity index (χ0) is 18.6. The summed E-state index contributed by atoms with van der Waals surface area (Å²) in [6.07, 6.45) is 2.26. The number of benzene rings is 2. The fourth-order valence-corrected chi connectivity index (χ4v) is 3.66. The fourth-order valence-electron chi connectivity index (χ4n) is 2.99. The third kappa shape index (κ3) is 4.67. The van der Waals surface area contributed by atoms with Gasteiger partial charge in [-0.25, -0.2) is 4.98 Å². The predicted octanol–water partition coefficient (Wildman–Crippen LogP) is 5.26. The van der Waals surface area contributed by atoms with Crippen molar-refractivity contribution in [1.29, 1.82) is 0 Å². The molecule has 1 N–H and O–H groups in total. The molecule has 1 aromatic heterocycles. The number of carbonyl (C=O) groups excluding carboxylic acids is 1. The van der Waals surface area contributed by atoms with E-state index in [2.05, 4.69) is 10.3 Å². The van der Waals surface area contributed by atoms with E-state index in [1.807, 2.05) is 41.8 Å². The molecule has 0 aliphatic heterocycles. The van der Waals surface area contributed by atoms with Gasteiger partial charge in [0, 0.05) is 16.0 Å². The van der Waals surface area contributed by atoms with Gasteiger partial charge < -0.3 is 10.1 Å². The molecule has 0 spiro atoms. The van der Waals surface area contributed by atoms with Crippen molar-refractivity contribution in [3.8, 4) is 5.75 Å². The van der Waals surface area contributed by atoms with E-state index in [-0.39, 0.29) is 11.9 Å². The SMILES string of the molecule is O=C(NC(c1ccc(Cl)cc1)C1CC1)c1cccc(OCc2cscn2)c1. The van der Waals surface area contributed by atoms with Crippen LogP contribution in [0.5, 0.6) is 5.75 Å². The molecule has 1 heterocycles. The van der Waals surface area contributed by atoms with Gasteiger partial charge in [-0.3, -0.25) is 4.79 Å². The molecule has 0 saturated heterocycles. The second-order valence-electron chi connectivity index (χ2n) is 6.64. The summed E-state index contributed by atoms with van der Waals surface area (Å²) in [5.74, 6) is 1.05. The Labute approximate surface area is 167 Å². The third-order valence-corrected chi connectivity index (χ3v) is 5.46. The molecule has 27 heavy (non-hydrogen) atoms. The van der Waals surface area contributed by atoms with Crippen molar-refractivity contribution >= 4 is 28.8 Å². The molecule has 1 amide bonds. The van der Waals surface area contributed by atoms with Crippen LogP contribution in [0, 0.1) is 5.92 Å². The molecule has 1 saturated carbocycles. The molecule has 6 heteroatoms. The van der Waals surface area contributed by atoms with Crippen LogP contribution in [0.3, 0.4) is 0 Å². The lowest BCUT2D eigenvalue weighted by atomic mass is 10.0. The van der Waals surface area contributed by atoms with Gasteiger partial charge in [0.2, 0.25) is 0 Å². The van der Waals surface area contributed by atoms with E-state index in [1.165, 1.54) is 11.3 Å². The molecule has 0 bridgehead atoms. The Kier molecular flexibility index (Phi) is 5.41. The van der Waals surface area contributed by atoms with Crippen molar-refractivity contribution < 1.29 is 9.53 Å². The quantitative estimate of drug-likeness (QED) is 0.590. The summed E-state index contributed by atoms with van der Waals surface area (Å²) in [6, 6.07) is 15.0. The number of carbonyl (C=O) groups is 1. The van der Waals surface area contributed by atoms with Gasteiger partial charge in [0.1, 0.15) is 12.4 Å². The number of aromatic nitrogens is 1. The van der Waals surface area contributed by atoms with Crippen molar-refractivity contribution in [2.24, 2.45) is 5.92 Å². The van der Waals surface area contributed by atoms with Crippen molar-refractivity contribution in [2.75, 3.05) is 0 Å². The maximum atomic E-state index is 12.8. The highest BCUT2D eigenvalue weighted by Gasteiger charge is 2.33. The summed E-state index contributed by atoms with van der Waals surface area (Å²) in [4.78, 5) is 17.0. The largest absolute Gasteiger partial charge is 0.487 e. The van der Waals surface area contributed by atoms with Gasteiger partial charge in [-0.05, 0) is 54.7 Å². The van der Waals surface area contributed by atoms with Gasteiger partial charge in [-0.15, -0.1) is 11.3 Å². The molecule has 1 fully saturated rings. The Morgan fingerprint density at radius 1 is 1.26 bits per heavy atom. The number of halogens is 1. The summed E-state index contributed by atoms with van der Waals surface area (Å²) in [5.41, 5.74) is 4.33. The smallest absolute Gasteiger partial charge is 0.251 e. The van der Waals surface area contributed by atoms with E-state index in [1.54, 1.807) is 17.6 Å². The van der Waals surface area contributed by atoms with E-state index in [0.717, 1.165) is 24.1 Å². The fraction of sp³-hybridized carbons (Fsp3) is 0.238. The predicted molar refractivity (Wildman–Crippen MR) is 107 cm³/mol. The zero-order valence-corrected chi connectivity index (χ0v) is 16.2. The number of thiazole rings is 1. The average molecular weight is 399 g/mol. The standard InChI is InChI=1S/C21H19ClN2O2S/c22-17-8-6-15(7-9-17)20(14-4-5-14)24-21(25)16-2-1-3-19(10-16)26-11-18-12-27-13-23-18/h1-3,6-10,12-14,20H,4-5,11H2,(H,24,25). The lowest BCUT2D eigenvalue weighted by Gasteiger charge is -2.19. The van der Waals surface area contributed by atoms with Crippen LogP contribution in [-0.2, 0) is 6.61 Å². The van der Waals surface area contributed by atoms with Gasteiger partial charge in [-0.2, -0.15) is 0 Å².